The van der Waals surface area contributed by atoms with Gasteiger partial charge in [-0.2, -0.15) is 14.1 Å². The zero-order chi connectivity index (χ0) is 25.6. The van der Waals surface area contributed by atoms with Gasteiger partial charge in [0.25, 0.3) is 5.91 Å². The van der Waals surface area contributed by atoms with Gasteiger partial charge in [0, 0.05) is 33.2 Å². The van der Waals surface area contributed by atoms with Crippen molar-refractivity contribution in [2.75, 3.05) is 51.7 Å². The van der Waals surface area contributed by atoms with Gasteiger partial charge in [-0.05, 0) is 32.0 Å². The SMILES string of the molecule is CCCc1cc(C(=O)NC)n(C(=O)Nc2cc(S(=O)(=O)N3CCN(CC)CC3)cnc2OCC)n1. The first-order valence-corrected chi connectivity index (χ1v) is 13.2. The van der Waals surface area contributed by atoms with E-state index < -0.39 is 22.0 Å². The number of nitrogens with one attached hydrogen (secondary N) is 2. The van der Waals surface area contributed by atoms with E-state index in [0.29, 0.717) is 38.3 Å². The normalized spacial score (nSPS) is 15.1. The quantitative estimate of drug-likeness (QED) is 0.519. The van der Waals surface area contributed by atoms with Crippen molar-refractivity contribution in [3.05, 3.63) is 29.7 Å². The highest BCUT2D eigenvalue weighted by Gasteiger charge is 2.30. The van der Waals surface area contributed by atoms with E-state index in [2.05, 4.69) is 25.6 Å². The van der Waals surface area contributed by atoms with Gasteiger partial charge in [-0.3, -0.25) is 4.79 Å². The number of nitrogens with zero attached hydrogens (tertiary/aromatic N) is 5. The molecule has 0 unspecified atom stereocenters. The molecule has 2 aromatic heterocycles. The summed E-state index contributed by atoms with van der Waals surface area (Å²) >= 11 is 0. The summed E-state index contributed by atoms with van der Waals surface area (Å²) in [5.41, 5.74) is 0.726. The van der Waals surface area contributed by atoms with Crippen LogP contribution in [0.2, 0.25) is 0 Å². The van der Waals surface area contributed by atoms with E-state index in [0.717, 1.165) is 17.6 Å². The Kier molecular flexibility index (Phi) is 8.81. The minimum atomic E-state index is -3.83. The number of piperazine rings is 1. The van der Waals surface area contributed by atoms with E-state index >= 15 is 0 Å². The summed E-state index contributed by atoms with van der Waals surface area (Å²) in [7, 11) is -2.37. The number of anilines is 1. The maximum absolute atomic E-state index is 13.3. The van der Waals surface area contributed by atoms with Crippen molar-refractivity contribution in [2.24, 2.45) is 0 Å². The largest absolute Gasteiger partial charge is 0.476 e. The number of carbonyl (C=O) groups is 2. The van der Waals surface area contributed by atoms with Crippen LogP contribution in [0.25, 0.3) is 0 Å². The molecule has 2 N–H and O–H groups in total. The maximum atomic E-state index is 13.3. The molecule has 0 saturated carbocycles. The average molecular weight is 508 g/mol. The Hall–Kier alpha value is -3.03. The van der Waals surface area contributed by atoms with E-state index in [1.54, 1.807) is 13.0 Å². The Balaban J connectivity index is 1.92. The summed E-state index contributed by atoms with van der Waals surface area (Å²) in [5.74, 6) is -0.404. The molecule has 12 nitrogen and oxygen atoms in total. The highest BCUT2D eigenvalue weighted by atomic mass is 32.2. The molecule has 0 aromatic carbocycles. The molecule has 35 heavy (non-hydrogen) atoms. The summed E-state index contributed by atoms with van der Waals surface area (Å²) in [5, 5.41) is 9.37. The van der Waals surface area contributed by atoms with Crippen molar-refractivity contribution in [1.29, 1.82) is 0 Å². The van der Waals surface area contributed by atoms with E-state index in [1.165, 1.54) is 23.6 Å². The van der Waals surface area contributed by atoms with Gasteiger partial charge in [-0.15, -0.1) is 0 Å². The topological polar surface area (TPSA) is 139 Å². The molecular formula is C22H33N7O5S. The van der Waals surface area contributed by atoms with Crippen LogP contribution in [0.15, 0.2) is 23.2 Å². The second kappa shape index (κ2) is 11.6. The van der Waals surface area contributed by atoms with Crippen molar-refractivity contribution in [3.63, 3.8) is 0 Å². The molecule has 2 aromatic rings. The van der Waals surface area contributed by atoms with Crippen molar-refractivity contribution in [2.45, 2.75) is 38.5 Å². The van der Waals surface area contributed by atoms with Gasteiger partial charge >= 0.3 is 6.03 Å². The van der Waals surface area contributed by atoms with E-state index in [1.807, 2.05) is 13.8 Å². The maximum Gasteiger partial charge on any atom is 0.347 e. The Bertz CT molecular complexity index is 1160. The van der Waals surface area contributed by atoms with Gasteiger partial charge in [0.15, 0.2) is 0 Å². The van der Waals surface area contributed by atoms with Gasteiger partial charge in [-0.1, -0.05) is 20.3 Å². The molecule has 3 heterocycles. The van der Waals surface area contributed by atoms with Crippen LogP contribution in [0.4, 0.5) is 10.5 Å². The molecule has 192 valence electrons. The summed E-state index contributed by atoms with van der Waals surface area (Å²) in [6.45, 7) is 8.90. The number of amides is 2. The highest BCUT2D eigenvalue weighted by Crippen LogP contribution is 2.27. The number of hydrogen-bond acceptors (Lipinski definition) is 8. The molecule has 3 rings (SSSR count). The van der Waals surface area contributed by atoms with Crippen LogP contribution in [0.1, 0.15) is 43.4 Å². The number of carbonyl (C=O) groups excluding carboxylic acids is 2. The Morgan fingerprint density at radius 2 is 1.83 bits per heavy atom. The monoisotopic (exact) mass is 507 g/mol. The number of sulfonamides is 1. The predicted molar refractivity (Wildman–Crippen MR) is 130 cm³/mol. The number of rotatable bonds is 9. The standard InChI is InChI=1S/C22H33N7O5S/c1-5-8-16-13-19(20(30)23-4)29(26-16)22(31)25-18-14-17(15-24-21(18)34-7-3)35(32,33)28-11-9-27(6-2)10-12-28/h13-15H,5-12H2,1-4H3,(H,23,30)(H,25,31). The molecule has 13 heteroatoms. The summed E-state index contributed by atoms with van der Waals surface area (Å²) in [4.78, 5) is 31.7. The lowest BCUT2D eigenvalue weighted by atomic mass is 10.2. The Morgan fingerprint density at radius 3 is 2.43 bits per heavy atom. The molecular weight excluding hydrogens is 474 g/mol. The van der Waals surface area contributed by atoms with E-state index in [9.17, 15) is 18.0 Å². The smallest absolute Gasteiger partial charge is 0.347 e. The number of hydrogen-bond donors (Lipinski definition) is 2. The van der Waals surface area contributed by atoms with E-state index in [4.69, 9.17) is 4.74 Å². The van der Waals surface area contributed by atoms with Crippen LogP contribution in [0.3, 0.4) is 0 Å². The minimum Gasteiger partial charge on any atom is -0.476 e. The number of aromatic nitrogens is 3. The summed E-state index contributed by atoms with van der Waals surface area (Å²) in [6, 6.07) is 2.15. The lowest BCUT2D eigenvalue weighted by molar-refractivity contribution is 0.0954. The molecule has 1 aliphatic heterocycles. The van der Waals surface area contributed by atoms with Gasteiger partial charge in [0.1, 0.15) is 16.3 Å². The zero-order valence-corrected chi connectivity index (χ0v) is 21.4. The lowest BCUT2D eigenvalue weighted by Crippen LogP contribution is -2.48. The second-order valence-corrected chi connectivity index (χ2v) is 9.93. The van der Waals surface area contributed by atoms with Crippen molar-refractivity contribution in [3.8, 4) is 5.88 Å². The third-order valence-corrected chi connectivity index (χ3v) is 7.55. The Morgan fingerprint density at radius 1 is 1.11 bits per heavy atom. The van der Waals surface area contributed by atoms with Gasteiger partial charge in [0.2, 0.25) is 15.9 Å². The van der Waals surface area contributed by atoms with Crippen LogP contribution >= 0.6 is 0 Å². The molecule has 0 bridgehead atoms. The van der Waals surface area contributed by atoms with Gasteiger partial charge in [-0.25, -0.2) is 18.2 Å². The third kappa shape index (κ3) is 5.97. The molecule has 1 saturated heterocycles. The Labute approximate surface area is 205 Å². The predicted octanol–water partition coefficient (Wildman–Crippen LogP) is 1.40. The third-order valence-electron chi connectivity index (χ3n) is 5.68. The molecule has 0 spiro atoms. The van der Waals surface area contributed by atoms with Gasteiger partial charge in [0.05, 0.1) is 18.5 Å². The zero-order valence-electron chi connectivity index (χ0n) is 20.6. The van der Waals surface area contributed by atoms with Crippen LogP contribution in [-0.2, 0) is 16.4 Å². The van der Waals surface area contributed by atoms with Crippen molar-refractivity contribution in [1.82, 2.24) is 29.3 Å². The number of ether oxygens (including phenoxy) is 1. The molecule has 0 atom stereocenters. The number of likely N-dealkylation sites (N-methyl/N-ethyl adjacent to an activating group) is 1. The fourth-order valence-electron chi connectivity index (χ4n) is 3.77. The molecule has 2 amide bonds. The first-order chi connectivity index (χ1) is 16.7. The van der Waals surface area contributed by atoms with Gasteiger partial charge < -0.3 is 20.3 Å². The summed E-state index contributed by atoms with van der Waals surface area (Å²) < 4.78 is 34.4. The second-order valence-electron chi connectivity index (χ2n) is 7.99. The average Bonchev–Trinajstić information content (AvgIpc) is 3.29. The van der Waals surface area contributed by atoms with Crippen molar-refractivity contribution >= 4 is 27.6 Å². The highest BCUT2D eigenvalue weighted by molar-refractivity contribution is 7.89. The van der Waals surface area contributed by atoms with Crippen LogP contribution < -0.4 is 15.4 Å². The fraction of sp³-hybridized carbons (Fsp3) is 0.545. The first-order valence-electron chi connectivity index (χ1n) is 11.7. The van der Waals surface area contributed by atoms with Crippen molar-refractivity contribution < 1.29 is 22.7 Å². The fourth-order valence-corrected chi connectivity index (χ4v) is 5.17. The molecule has 0 aliphatic carbocycles. The van der Waals surface area contributed by atoms with E-state index in [-0.39, 0.29) is 28.8 Å². The number of aryl methyl sites for hydroxylation is 1. The molecule has 1 aliphatic rings. The first kappa shape index (κ1) is 26.6. The lowest BCUT2D eigenvalue weighted by Gasteiger charge is -2.33. The molecule has 0 radical (unpaired) electrons. The van der Waals surface area contributed by atoms with Crippen LogP contribution in [0.5, 0.6) is 5.88 Å². The van der Waals surface area contributed by atoms with Crippen LogP contribution in [0, 0.1) is 0 Å². The molecule has 1 fully saturated rings. The van der Waals surface area contributed by atoms with Crippen LogP contribution in [-0.4, -0.2) is 90.7 Å². The summed E-state index contributed by atoms with van der Waals surface area (Å²) in [6.07, 6.45) is 2.61. The minimum absolute atomic E-state index is 0.0557. The number of pyridine rings is 1.